The molecule has 11 aromatic rings. The molecule has 0 N–H and O–H groups in total. The SMILES string of the molecule is c1ccc(N(c2ccc3c(c2)sc2ccccc23)c2ccc(N(c3cccc4ccccc34)c3cccc4ccccc34)c3c2sc2ccccc23)cc1. The first kappa shape index (κ1) is 31.1. The van der Waals surface area contributed by atoms with Gasteiger partial charge in [0.1, 0.15) is 0 Å². The largest absolute Gasteiger partial charge is 0.309 e. The van der Waals surface area contributed by atoms with Crippen molar-refractivity contribution < 1.29 is 0 Å². The zero-order chi connectivity index (χ0) is 35.6. The second-order valence-corrected chi connectivity index (χ2v) is 15.8. The van der Waals surface area contributed by atoms with E-state index in [1.165, 1.54) is 61.9 Å². The van der Waals surface area contributed by atoms with Crippen molar-refractivity contribution >= 4 is 119 Å². The molecule has 0 bridgehead atoms. The molecule has 0 aliphatic carbocycles. The summed E-state index contributed by atoms with van der Waals surface area (Å²) in [6, 6.07) is 71.0. The van der Waals surface area contributed by atoms with Gasteiger partial charge in [-0.15, -0.1) is 22.7 Å². The Morgan fingerprint density at radius 2 is 0.833 bits per heavy atom. The van der Waals surface area contributed by atoms with Gasteiger partial charge in [-0.2, -0.15) is 0 Å². The molecule has 0 atom stereocenters. The van der Waals surface area contributed by atoms with E-state index in [9.17, 15) is 0 Å². The topological polar surface area (TPSA) is 6.48 Å². The van der Waals surface area contributed by atoms with Gasteiger partial charge >= 0.3 is 0 Å². The third-order valence-electron chi connectivity index (χ3n) is 10.6. The van der Waals surface area contributed by atoms with Gasteiger partial charge in [-0.05, 0) is 71.4 Å². The van der Waals surface area contributed by atoms with Crippen LogP contribution in [0.15, 0.2) is 194 Å². The van der Waals surface area contributed by atoms with Gasteiger partial charge in [-0.25, -0.2) is 0 Å². The van der Waals surface area contributed by atoms with Crippen LogP contribution in [0.3, 0.4) is 0 Å². The molecule has 254 valence electrons. The summed E-state index contributed by atoms with van der Waals surface area (Å²) in [7, 11) is 0. The van der Waals surface area contributed by atoms with E-state index in [0.717, 1.165) is 34.1 Å². The average Bonchev–Trinajstić information content (AvgIpc) is 3.81. The summed E-state index contributed by atoms with van der Waals surface area (Å²) >= 11 is 3.74. The minimum Gasteiger partial charge on any atom is -0.309 e. The lowest BCUT2D eigenvalue weighted by molar-refractivity contribution is 1.30. The Bertz CT molecular complexity index is 3100. The number of fused-ring (bicyclic) bond motifs is 8. The lowest BCUT2D eigenvalue weighted by atomic mass is 10.0. The van der Waals surface area contributed by atoms with Crippen molar-refractivity contribution in [3.63, 3.8) is 0 Å². The molecule has 0 aliphatic heterocycles. The van der Waals surface area contributed by atoms with Gasteiger partial charge in [0.2, 0.25) is 0 Å². The summed E-state index contributed by atoms with van der Waals surface area (Å²) in [5.74, 6) is 0. The molecule has 0 fully saturated rings. The number of thiophene rings is 2. The summed E-state index contributed by atoms with van der Waals surface area (Å²) < 4.78 is 5.12. The predicted octanol–water partition coefficient (Wildman–Crippen LogP) is 15.7. The molecule has 4 heteroatoms. The van der Waals surface area contributed by atoms with Gasteiger partial charge in [-0.1, -0.05) is 133 Å². The minimum atomic E-state index is 1.13. The van der Waals surface area contributed by atoms with Crippen molar-refractivity contribution in [2.45, 2.75) is 0 Å². The summed E-state index contributed by atoms with van der Waals surface area (Å²) in [6.07, 6.45) is 0. The minimum absolute atomic E-state index is 1.13. The molecule has 0 unspecified atom stereocenters. The molecule has 0 radical (unpaired) electrons. The molecular weight excluding hydrogens is 693 g/mol. The van der Waals surface area contributed by atoms with E-state index < -0.39 is 0 Å². The second kappa shape index (κ2) is 12.6. The maximum atomic E-state index is 2.51. The normalized spacial score (nSPS) is 11.7. The van der Waals surface area contributed by atoms with Crippen LogP contribution in [-0.4, -0.2) is 0 Å². The van der Waals surface area contributed by atoms with Crippen molar-refractivity contribution in [3.8, 4) is 0 Å². The molecular formula is C50H32N2S2. The zero-order valence-corrected chi connectivity index (χ0v) is 30.8. The molecule has 0 saturated heterocycles. The van der Waals surface area contributed by atoms with Gasteiger partial charge in [0, 0.05) is 57.8 Å². The van der Waals surface area contributed by atoms with Crippen LogP contribution in [-0.2, 0) is 0 Å². The Kier molecular flexibility index (Phi) is 7.25. The molecule has 2 heterocycles. The first-order valence-electron chi connectivity index (χ1n) is 18.3. The number of hydrogen-bond donors (Lipinski definition) is 0. The fourth-order valence-electron chi connectivity index (χ4n) is 8.21. The van der Waals surface area contributed by atoms with E-state index in [1.54, 1.807) is 0 Å². The quantitative estimate of drug-likeness (QED) is 0.168. The highest BCUT2D eigenvalue weighted by Crippen LogP contribution is 2.52. The molecule has 54 heavy (non-hydrogen) atoms. The fourth-order valence-corrected chi connectivity index (χ4v) is 10.6. The van der Waals surface area contributed by atoms with Gasteiger partial charge in [0.05, 0.1) is 27.4 Å². The van der Waals surface area contributed by atoms with Crippen LogP contribution >= 0.6 is 22.7 Å². The van der Waals surface area contributed by atoms with Crippen LogP contribution in [0, 0.1) is 0 Å². The zero-order valence-electron chi connectivity index (χ0n) is 29.2. The molecule has 9 aromatic carbocycles. The first-order valence-corrected chi connectivity index (χ1v) is 19.9. The maximum absolute atomic E-state index is 2.51. The van der Waals surface area contributed by atoms with Crippen molar-refractivity contribution in [2.24, 2.45) is 0 Å². The highest BCUT2D eigenvalue weighted by Gasteiger charge is 2.25. The van der Waals surface area contributed by atoms with E-state index in [1.807, 2.05) is 22.7 Å². The third-order valence-corrected chi connectivity index (χ3v) is 12.9. The van der Waals surface area contributed by atoms with Crippen LogP contribution in [0.4, 0.5) is 34.1 Å². The molecule has 2 nitrogen and oxygen atoms in total. The number of hydrogen-bond acceptors (Lipinski definition) is 4. The number of anilines is 6. The van der Waals surface area contributed by atoms with Crippen LogP contribution in [0.2, 0.25) is 0 Å². The molecule has 2 aromatic heterocycles. The van der Waals surface area contributed by atoms with Crippen molar-refractivity contribution in [1.82, 2.24) is 0 Å². The van der Waals surface area contributed by atoms with Crippen LogP contribution in [0.5, 0.6) is 0 Å². The molecule has 0 spiro atoms. The van der Waals surface area contributed by atoms with Crippen LogP contribution in [0.1, 0.15) is 0 Å². The summed E-state index contributed by atoms with van der Waals surface area (Å²) in [5.41, 5.74) is 6.91. The Morgan fingerprint density at radius 3 is 1.54 bits per heavy atom. The Hall–Kier alpha value is -6.46. The third kappa shape index (κ3) is 4.92. The second-order valence-electron chi connectivity index (χ2n) is 13.7. The number of nitrogens with zero attached hydrogens (tertiary/aromatic N) is 2. The molecule has 11 rings (SSSR count). The van der Waals surface area contributed by atoms with Crippen LogP contribution in [0.25, 0.3) is 61.9 Å². The monoisotopic (exact) mass is 724 g/mol. The number of para-hydroxylation sites is 1. The highest BCUT2D eigenvalue weighted by atomic mass is 32.1. The number of rotatable bonds is 6. The number of benzene rings is 9. The summed E-state index contributed by atoms with van der Waals surface area (Å²) in [5, 5.41) is 9.99. The van der Waals surface area contributed by atoms with Crippen LogP contribution < -0.4 is 9.80 Å². The lowest BCUT2D eigenvalue weighted by Gasteiger charge is -2.31. The van der Waals surface area contributed by atoms with Gasteiger partial charge in [0.15, 0.2) is 0 Å². The standard InChI is InChI=1S/C50H32N2S2/c1-2-18-35(19-3-1)51(36-28-29-40-39-22-8-10-26-46(39)53-48(40)32-36)45-31-30-44(49-41-23-9-11-27-47(41)54-50(45)49)52(42-24-12-16-33-14-4-6-20-37(33)42)43-25-13-17-34-15-5-7-21-38(34)43/h1-32H. The van der Waals surface area contributed by atoms with E-state index in [4.69, 9.17) is 0 Å². The van der Waals surface area contributed by atoms with Crippen molar-refractivity contribution in [1.29, 1.82) is 0 Å². The Labute approximate surface area is 321 Å². The average molecular weight is 725 g/mol. The molecule has 0 amide bonds. The Balaban J connectivity index is 1.22. The van der Waals surface area contributed by atoms with Gasteiger partial charge in [0.25, 0.3) is 0 Å². The molecule has 0 aliphatic rings. The van der Waals surface area contributed by atoms with Crippen molar-refractivity contribution in [2.75, 3.05) is 9.80 Å². The fraction of sp³-hybridized carbons (Fsp3) is 0. The van der Waals surface area contributed by atoms with E-state index in [0.29, 0.717) is 0 Å². The smallest absolute Gasteiger partial charge is 0.0641 e. The van der Waals surface area contributed by atoms with E-state index >= 15 is 0 Å². The summed E-state index contributed by atoms with van der Waals surface area (Å²) in [6.45, 7) is 0. The lowest BCUT2D eigenvalue weighted by Crippen LogP contribution is -2.13. The first-order chi connectivity index (χ1) is 26.8. The summed E-state index contributed by atoms with van der Waals surface area (Å²) in [4.78, 5) is 4.96. The van der Waals surface area contributed by atoms with Gasteiger partial charge < -0.3 is 9.80 Å². The predicted molar refractivity (Wildman–Crippen MR) is 237 cm³/mol. The van der Waals surface area contributed by atoms with E-state index in [2.05, 4.69) is 204 Å². The maximum Gasteiger partial charge on any atom is 0.0641 e. The van der Waals surface area contributed by atoms with Crippen molar-refractivity contribution in [3.05, 3.63) is 194 Å². The molecule has 0 saturated carbocycles. The van der Waals surface area contributed by atoms with Gasteiger partial charge in [-0.3, -0.25) is 0 Å². The highest BCUT2D eigenvalue weighted by molar-refractivity contribution is 7.26. The Morgan fingerprint density at radius 1 is 0.296 bits per heavy atom. The van der Waals surface area contributed by atoms with E-state index in [-0.39, 0.29) is 0 Å².